The van der Waals surface area contributed by atoms with Gasteiger partial charge in [0.1, 0.15) is 23.1 Å². The molecule has 0 saturated carbocycles. The Hall–Kier alpha value is -4.45. The summed E-state index contributed by atoms with van der Waals surface area (Å²) in [5.74, 6) is -0.189. The highest BCUT2D eigenvalue weighted by molar-refractivity contribution is 7.92. The molecule has 38 heavy (non-hydrogen) atoms. The molecule has 1 unspecified atom stereocenters. The molecule has 198 valence electrons. The fourth-order valence-electron chi connectivity index (χ4n) is 4.18. The fourth-order valence-corrected chi connectivity index (χ4v) is 5.35. The van der Waals surface area contributed by atoms with Crippen molar-refractivity contribution in [3.8, 4) is 22.6 Å². The Bertz CT molecular complexity index is 1640. The van der Waals surface area contributed by atoms with Crippen molar-refractivity contribution in [1.82, 2.24) is 15.0 Å². The lowest BCUT2D eigenvalue weighted by molar-refractivity contribution is -0.138. The van der Waals surface area contributed by atoms with Crippen LogP contribution in [0.4, 0.5) is 5.69 Å². The van der Waals surface area contributed by atoms with E-state index in [0.717, 1.165) is 26.4 Å². The summed E-state index contributed by atoms with van der Waals surface area (Å²) in [6, 6.07) is 16.9. The topological polar surface area (TPSA) is 141 Å². The molecule has 0 amide bonds. The van der Waals surface area contributed by atoms with Gasteiger partial charge in [-0.25, -0.2) is 17.9 Å². The lowest BCUT2D eigenvalue weighted by Gasteiger charge is -2.29. The number of carboxylic acids is 1. The van der Waals surface area contributed by atoms with E-state index < -0.39 is 27.6 Å². The number of ether oxygens (including phenoxy) is 2. The summed E-state index contributed by atoms with van der Waals surface area (Å²) in [7, 11) is -0.948. The van der Waals surface area contributed by atoms with Crippen molar-refractivity contribution in [2.24, 2.45) is 0 Å². The number of hydrogen-bond donors (Lipinski definition) is 1. The first-order valence-electron chi connectivity index (χ1n) is 11.5. The number of carbonyl (C=O) groups is 1. The maximum Gasteiger partial charge on any atom is 0.327 e. The highest BCUT2D eigenvalue weighted by atomic mass is 32.2. The van der Waals surface area contributed by atoms with Gasteiger partial charge in [-0.05, 0) is 48.4 Å². The van der Waals surface area contributed by atoms with Crippen molar-refractivity contribution in [2.45, 2.75) is 19.0 Å². The van der Waals surface area contributed by atoms with Crippen LogP contribution in [0.1, 0.15) is 6.42 Å². The third kappa shape index (κ3) is 5.44. The third-order valence-corrected chi connectivity index (χ3v) is 7.19. The average molecular weight is 539 g/mol. The number of methoxy groups -OCH3 is 2. The van der Waals surface area contributed by atoms with Crippen LogP contribution in [0.25, 0.3) is 22.0 Å². The minimum absolute atomic E-state index is 0.152. The van der Waals surface area contributed by atoms with Crippen LogP contribution in [0.15, 0.2) is 71.5 Å². The molecule has 1 heterocycles. The molecule has 0 fully saturated rings. The normalized spacial score (nSPS) is 12.2. The molecular formula is C26H26N4O7S. The van der Waals surface area contributed by atoms with E-state index in [1.807, 2.05) is 6.07 Å². The Morgan fingerprint density at radius 3 is 2.39 bits per heavy atom. The molecule has 0 bridgehead atoms. The number of hydrogen-bond acceptors (Lipinski definition) is 8. The minimum atomic E-state index is -4.02. The van der Waals surface area contributed by atoms with Crippen molar-refractivity contribution in [1.29, 1.82) is 0 Å². The van der Waals surface area contributed by atoms with Crippen LogP contribution in [0.2, 0.25) is 0 Å². The van der Waals surface area contributed by atoms with E-state index in [9.17, 15) is 23.1 Å². The summed E-state index contributed by atoms with van der Waals surface area (Å²) in [6.45, 7) is -0.152. The van der Waals surface area contributed by atoms with Gasteiger partial charge in [0, 0.05) is 18.2 Å². The van der Waals surface area contributed by atoms with Crippen LogP contribution in [0.3, 0.4) is 0 Å². The van der Waals surface area contributed by atoms with E-state index in [0.29, 0.717) is 22.4 Å². The van der Waals surface area contributed by atoms with Crippen molar-refractivity contribution in [2.75, 3.05) is 24.8 Å². The molecule has 0 radical (unpaired) electrons. The number of aromatic nitrogens is 3. The molecule has 1 N–H and O–H groups in total. The molecule has 0 saturated heterocycles. The second-order valence-corrected chi connectivity index (χ2v) is 10.3. The van der Waals surface area contributed by atoms with Gasteiger partial charge in [-0.15, -0.1) is 5.10 Å². The van der Waals surface area contributed by atoms with E-state index in [2.05, 4.69) is 10.3 Å². The number of rotatable bonds is 10. The van der Waals surface area contributed by atoms with Crippen LogP contribution in [-0.2, 0) is 21.4 Å². The van der Waals surface area contributed by atoms with E-state index in [-0.39, 0.29) is 18.7 Å². The molecule has 12 heteroatoms. The Morgan fingerprint density at radius 2 is 1.76 bits per heavy atom. The second kappa shape index (κ2) is 10.9. The summed E-state index contributed by atoms with van der Waals surface area (Å²) in [5.41, 5.74) is 1.60. The Balaban J connectivity index is 1.65. The molecule has 3 aromatic carbocycles. The first-order chi connectivity index (χ1) is 18.1. The van der Waals surface area contributed by atoms with Gasteiger partial charge in [-0.2, -0.15) is 0 Å². The van der Waals surface area contributed by atoms with Gasteiger partial charge in [0.25, 0.3) is 5.56 Å². The fraction of sp³-hybridized carbons (Fsp3) is 0.231. The number of sulfonamides is 1. The lowest BCUT2D eigenvalue weighted by atomic mass is 10.0. The number of aryl methyl sites for hydroxylation is 1. The van der Waals surface area contributed by atoms with Crippen LogP contribution >= 0.6 is 0 Å². The zero-order valence-electron chi connectivity index (χ0n) is 20.9. The molecule has 0 aliphatic heterocycles. The summed E-state index contributed by atoms with van der Waals surface area (Å²) in [4.78, 5) is 25.0. The molecule has 1 atom stereocenters. The summed E-state index contributed by atoms with van der Waals surface area (Å²) >= 11 is 0. The van der Waals surface area contributed by atoms with Crippen molar-refractivity contribution in [3.63, 3.8) is 0 Å². The average Bonchev–Trinajstić information content (AvgIpc) is 2.91. The first-order valence-corrected chi connectivity index (χ1v) is 13.4. The quantitative estimate of drug-likeness (QED) is 0.323. The number of aliphatic carboxylic acids is 1. The van der Waals surface area contributed by atoms with E-state index >= 15 is 0 Å². The summed E-state index contributed by atoms with van der Waals surface area (Å²) in [6.07, 6.45) is 0.717. The number of benzene rings is 3. The molecule has 0 aliphatic rings. The zero-order valence-corrected chi connectivity index (χ0v) is 21.8. The molecule has 0 spiro atoms. The highest BCUT2D eigenvalue weighted by Gasteiger charge is 2.33. The molecule has 4 rings (SSSR count). The Labute approximate surface area is 218 Å². The number of fused-ring (bicyclic) bond motifs is 1. The number of anilines is 1. The monoisotopic (exact) mass is 538 g/mol. The highest BCUT2D eigenvalue weighted by Crippen LogP contribution is 2.35. The SMILES string of the molecule is COc1ccc(-c2ccc(N(C(CCn3nnc4ccccc4c3=O)C(=O)O)S(C)(=O)=O)cc2)c(OC)c1. The van der Waals surface area contributed by atoms with Crippen LogP contribution in [0, 0.1) is 0 Å². The van der Waals surface area contributed by atoms with E-state index in [1.54, 1.807) is 55.6 Å². The standard InChI is InChI=1S/C26H26N4O7S/c1-36-19-12-13-20(24(16-19)37-2)17-8-10-18(11-9-17)30(38(3,34)35)23(26(32)33)14-15-29-25(31)21-6-4-5-7-22(21)27-28-29/h4-13,16,23H,14-15H2,1-3H3,(H,32,33). The molecular weight excluding hydrogens is 512 g/mol. The van der Waals surface area contributed by atoms with Crippen molar-refractivity contribution in [3.05, 3.63) is 77.1 Å². The lowest BCUT2D eigenvalue weighted by Crippen LogP contribution is -2.46. The smallest absolute Gasteiger partial charge is 0.327 e. The predicted molar refractivity (Wildman–Crippen MR) is 142 cm³/mol. The van der Waals surface area contributed by atoms with Gasteiger partial charge >= 0.3 is 5.97 Å². The maximum absolute atomic E-state index is 12.8. The third-order valence-electron chi connectivity index (χ3n) is 6.01. The number of nitrogens with zero attached hydrogens (tertiary/aromatic N) is 4. The van der Waals surface area contributed by atoms with Crippen LogP contribution in [-0.4, -0.2) is 61.0 Å². The van der Waals surface area contributed by atoms with Gasteiger partial charge in [0.2, 0.25) is 10.0 Å². The Kier molecular flexibility index (Phi) is 7.62. The molecule has 1 aromatic heterocycles. The van der Waals surface area contributed by atoms with Gasteiger partial charge in [0.15, 0.2) is 0 Å². The maximum atomic E-state index is 12.8. The summed E-state index contributed by atoms with van der Waals surface area (Å²) < 4.78 is 38.1. The van der Waals surface area contributed by atoms with Crippen LogP contribution in [0.5, 0.6) is 11.5 Å². The van der Waals surface area contributed by atoms with Crippen molar-refractivity contribution >= 4 is 32.6 Å². The largest absolute Gasteiger partial charge is 0.497 e. The first kappa shape index (κ1) is 26.6. The van der Waals surface area contributed by atoms with Crippen molar-refractivity contribution < 1.29 is 27.8 Å². The Morgan fingerprint density at radius 1 is 1.05 bits per heavy atom. The van der Waals surface area contributed by atoms with E-state index in [4.69, 9.17) is 9.47 Å². The van der Waals surface area contributed by atoms with Gasteiger partial charge in [0.05, 0.1) is 31.5 Å². The minimum Gasteiger partial charge on any atom is -0.497 e. The van der Waals surface area contributed by atoms with E-state index in [1.165, 1.54) is 19.2 Å². The zero-order chi connectivity index (χ0) is 27.4. The summed E-state index contributed by atoms with van der Waals surface area (Å²) in [5, 5.41) is 18.2. The molecule has 4 aromatic rings. The van der Waals surface area contributed by atoms with Gasteiger partial charge in [-0.3, -0.25) is 9.10 Å². The van der Waals surface area contributed by atoms with Gasteiger partial charge in [-0.1, -0.05) is 29.5 Å². The molecule has 0 aliphatic carbocycles. The molecule has 11 nitrogen and oxygen atoms in total. The number of carboxylic acid groups (broad SMARTS) is 1. The predicted octanol–water partition coefficient (Wildman–Crippen LogP) is 2.79. The van der Waals surface area contributed by atoms with Gasteiger partial charge < -0.3 is 14.6 Å². The van der Waals surface area contributed by atoms with Crippen LogP contribution < -0.4 is 19.3 Å². The second-order valence-electron chi connectivity index (χ2n) is 8.45.